The zero-order valence-electron chi connectivity index (χ0n) is 20.5. The molecule has 1 unspecified atom stereocenters. The highest BCUT2D eigenvalue weighted by atomic mass is 32.2. The standard InChI is InChI=1S/C30H23FN4OS3/c31-22-13-11-20(12-14-22)26-19-38-30(34-26)35-28(36)27(21-7-3-1-4-8-21)39-25-17-15-24(16-18-25)33-29(37)32-23-9-5-2-6-10-23/h1-19,27H,(H2,32,33,37)(H,34,35,36). The van der Waals surface area contributed by atoms with Crippen LogP contribution in [0.3, 0.4) is 0 Å². The van der Waals surface area contributed by atoms with Gasteiger partial charge in [0.15, 0.2) is 10.2 Å². The van der Waals surface area contributed by atoms with Crippen molar-refractivity contribution >= 4 is 62.8 Å². The van der Waals surface area contributed by atoms with Crippen LogP contribution in [0.1, 0.15) is 10.8 Å². The lowest BCUT2D eigenvalue weighted by molar-refractivity contribution is -0.115. The Balaban J connectivity index is 1.26. The van der Waals surface area contributed by atoms with Crippen LogP contribution in [0.15, 0.2) is 119 Å². The molecular formula is C30H23FN4OS3. The van der Waals surface area contributed by atoms with Gasteiger partial charge in [0, 0.05) is 27.2 Å². The number of hydrogen-bond acceptors (Lipinski definition) is 5. The van der Waals surface area contributed by atoms with Gasteiger partial charge in [-0.1, -0.05) is 48.5 Å². The maximum absolute atomic E-state index is 13.4. The average molecular weight is 571 g/mol. The van der Waals surface area contributed by atoms with Crippen molar-refractivity contribution in [3.63, 3.8) is 0 Å². The molecule has 0 aliphatic carbocycles. The first-order valence-electron chi connectivity index (χ1n) is 12.0. The second-order valence-electron chi connectivity index (χ2n) is 8.41. The van der Waals surface area contributed by atoms with Crippen LogP contribution in [0, 0.1) is 5.82 Å². The monoisotopic (exact) mass is 570 g/mol. The Bertz CT molecular complexity index is 1540. The van der Waals surface area contributed by atoms with Gasteiger partial charge in [-0.05, 0) is 78.4 Å². The molecule has 39 heavy (non-hydrogen) atoms. The van der Waals surface area contributed by atoms with Gasteiger partial charge < -0.3 is 16.0 Å². The Morgan fingerprint density at radius 3 is 2.08 bits per heavy atom. The molecule has 3 N–H and O–H groups in total. The number of carbonyl (C=O) groups is 1. The number of amides is 1. The molecule has 194 valence electrons. The third-order valence-corrected chi connectivity index (χ3v) is 7.84. The van der Waals surface area contributed by atoms with Gasteiger partial charge in [-0.3, -0.25) is 4.79 Å². The van der Waals surface area contributed by atoms with Crippen molar-refractivity contribution in [2.75, 3.05) is 16.0 Å². The zero-order chi connectivity index (χ0) is 27.0. The number of thiazole rings is 1. The molecule has 0 aliphatic rings. The predicted molar refractivity (Wildman–Crippen MR) is 164 cm³/mol. The summed E-state index contributed by atoms with van der Waals surface area (Å²) in [7, 11) is 0. The fourth-order valence-corrected chi connectivity index (χ4v) is 5.71. The fraction of sp³-hybridized carbons (Fsp3) is 0.0333. The van der Waals surface area contributed by atoms with Crippen molar-refractivity contribution in [3.05, 3.63) is 126 Å². The quantitative estimate of drug-likeness (QED) is 0.129. The van der Waals surface area contributed by atoms with Crippen molar-refractivity contribution in [2.24, 2.45) is 0 Å². The first kappa shape index (κ1) is 26.6. The van der Waals surface area contributed by atoms with Crippen LogP contribution >= 0.6 is 35.3 Å². The second kappa shape index (κ2) is 12.7. The predicted octanol–water partition coefficient (Wildman–Crippen LogP) is 8.23. The number of nitrogens with one attached hydrogen (secondary N) is 3. The van der Waals surface area contributed by atoms with Crippen LogP contribution in [0.5, 0.6) is 0 Å². The normalized spacial score (nSPS) is 11.4. The van der Waals surface area contributed by atoms with Crippen LogP contribution in [0.4, 0.5) is 20.9 Å². The molecule has 1 amide bonds. The number of carbonyl (C=O) groups excluding carboxylic acids is 1. The summed E-state index contributed by atoms with van der Waals surface area (Å²) < 4.78 is 13.3. The topological polar surface area (TPSA) is 66.0 Å². The van der Waals surface area contributed by atoms with E-state index in [1.54, 1.807) is 12.1 Å². The average Bonchev–Trinajstić information content (AvgIpc) is 3.42. The Morgan fingerprint density at radius 1 is 0.795 bits per heavy atom. The molecule has 0 radical (unpaired) electrons. The number of benzene rings is 4. The Kier molecular flexibility index (Phi) is 8.62. The highest BCUT2D eigenvalue weighted by Gasteiger charge is 2.23. The van der Waals surface area contributed by atoms with E-state index in [2.05, 4.69) is 20.9 Å². The highest BCUT2D eigenvalue weighted by molar-refractivity contribution is 8.00. The maximum atomic E-state index is 13.4. The summed E-state index contributed by atoms with van der Waals surface area (Å²) in [4.78, 5) is 18.9. The van der Waals surface area contributed by atoms with E-state index in [0.29, 0.717) is 15.9 Å². The van der Waals surface area contributed by atoms with Crippen LogP contribution < -0.4 is 16.0 Å². The van der Waals surface area contributed by atoms with E-state index in [0.717, 1.165) is 27.4 Å². The highest BCUT2D eigenvalue weighted by Crippen LogP contribution is 2.37. The number of rotatable bonds is 8. The number of thioether (sulfide) groups is 1. The van der Waals surface area contributed by atoms with E-state index in [9.17, 15) is 9.18 Å². The Labute approximate surface area is 239 Å². The molecule has 1 aromatic heterocycles. The minimum absolute atomic E-state index is 0.179. The molecule has 1 heterocycles. The first-order valence-corrected chi connectivity index (χ1v) is 14.2. The van der Waals surface area contributed by atoms with Crippen molar-refractivity contribution in [2.45, 2.75) is 10.1 Å². The maximum Gasteiger partial charge on any atom is 0.244 e. The summed E-state index contributed by atoms with van der Waals surface area (Å²) in [6.07, 6.45) is 0. The lowest BCUT2D eigenvalue weighted by Crippen LogP contribution is -2.19. The van der Waals surface area contributed by atoms with Crippen LogP contribution in [-0.2, 0) is 4.79 Å². The summed E-state index contributed by atoms with van der Waals surface area (Å²) in [6.45, 7) is 0. The van der Waals surface area contributed by atoms with Gasteiger partial charge in [-0.15, -0.1) is 23.1 Å². The summed E-state index contributed by atoms with van der Waals surface area (Å²) in [5, 5.41) is 11.6. The number of halogens is 1. The number of nitrogens with zero attached hydrogens (tertiary/aromatic N) is 1. The van der Waals surface area contributed by atoms with Crippen molar-refractivity contribution in [1.29, 1.82) is 0 Å². The summed E-state index contributed by atoms with van der Waals surface area (Å²) in [5.74, 6) is -0.484. The van der Waals surface area contributed by atoms with Crippen molar-refractivity contribution in [1.82, 2.24) is 4.98 Å². The third kappa shape index (κ3) is 7.29. The molecule has 0 saturated carbocycles. The molecule has 0 spiro atoms. The van der Waals surface area contributed by atoms with Gasteiger partial charge in [-0.2, -0.15) is 0 Å². The summed E-state index contributed by atoms with van der Waals surface area (Å²) in [5.41, 5.74) is 4.09. The molecule has 0 aliphatic heterocycles. The molecule has 5 nitrogen and oxygen atoms in total. The largest absolute Gasteiger partial charge is 0.332 e. The van der Waals surface area contributed by atoms with E-state index in [4.69, 9.17) is 12.2 Å². The Morgan fingerprint density at radius 2 is 1.41 bits per heavy atom. The summed E-state index contributed by atoms with van der Waals surface area (Å²) in [6, 6.07) is 33.2. The molecule has 1 atom stereocenters. The molecule has 5 aromatic rings. The van der Waals surface area contributed by atoms with Crippen molar-refractivity contribution < 1.29 is 9.18 Å². The number of para-hydroxylation sites is 1. The molecular weight excluding hydrogens is 548 g/mol. The van der Waals surface area contributed by atoms with E-state index in [-0.39, 0.29) is 11.7 Å². The van der Waals surface area contributed by atoms with E-state index < -0.39 is 5.25 Å². The summed E-state index contributed by atoms with van der Waals surface area (Å²) >= 11 is 8.20. The lowest BCUT2D eigenvalue weighted by Gasteiger charge is -2.17. The molecule has 4 aromatic carbocycles. The SMILES string of the molecule is O=C(Nc1nc(-c2ccc(F)cc2)cs1)C(Sc1ccc(NC(=S)Nc2ccccc2)cc1)c1ccccc1. The van der Waals surface area contributed by atoms with Crippen LogP contribution in [-0.4, -0.2) is 16.0 Å². The smallest absolute Gasteiger partial charge is 0.244 e. The van der Waals surface area contributed by atoms with Crippen LogP contribution in [0.2, 0.25) is 0 Å². The number of anilines is 3. The Hall–Kier alpha value is -4.05. The number of aromatic nitrogens is 1. The minimum Gasteiger partial charge on any atom is -0.332 e. The van der Waals surface area contributed by atoms with Gasteiger partial charge in [0.1, 0.15) is 11.1 Å². The van der Waals surface area contributed by atoms with Crippen LogP contribution in [0.25, 0.3) is 11.3 Å². The van der Waals surface area contributed by atoms with E-state index in [1.165, 1.54) is 35.2 Å². The number of hydrogen-bond donors (Lipinski definition) is 3. The minimum atomic E-state index is -0.496. The van der Waals surface area contributed by atoms with Gasteiger partial charge in [0.2, 0.25) is 5.91 Å². The second-order valence-corrected chi connectivity index (χ2v) is 10.9. The molecule has 5 rings (SSSR count). The van der Waals surface area contributed by atoms with Gasteiger partial charge in [0.25, 0.3) is 0 Å². The molecule has 9 heteroatoms. The molecule has 0 bridgehead atoms. The van der Waals surface area contributed by atoms with E-state index in [1.807, 2.05) is 90.3 Å². The lowest BCUT2D eigenvalue weighted by atomic mass is 10.1. The molecule has 0 saturated heterocycles. The number of thiocarbonyl (C=S) groups is 1. The van der Waals surface area contributed by atoms with Gasteiger partial charge in [0.05, 0.1) is 5.69 Å². The fourth-order valence-electron chi connectivity index (χ4n) is 3.72. The molecule has 0 fully saturated rings. The third-order valence-electron chi connectivity index (χ3n) is 5.61. The van der Waals surface area contributed by atoms with Gasteiger partial charge in [-0.25, -0.2) is 9.37 Å². The van der Waals surface area contributed by atoms with Gasteiger partial charge >= 0.3 is 0 Å². The zero-order valence-corrected chi connectivity index (χ0v) is 23.0. The van der Waals surface area contributed by atoms with E-state index >= 15 is 0 Å². The van der Waals surface area contributed by atoms with Crippen molar-refractivity contribution in [3.8, 4) is 11.3 Å². The first-order chi connectivity index (χ1) is 19.0.